The van der Waals surface area contributed by atoms with E-state index in [9.17, 15) is 19.8 Å². The van der Waals surface area contributed by atoms with E-state index in [1.54, 1.807) is 0 Å². The Kier molecular flexibility index (Phi) is 4.20. The molecule has 1 heterocycles. The zero-order valence-corrected chi connectivity index (χ0v) is 12.2. The van der Waals surface area contributed by atoms with Crippen LogP contribution in [0.25, 0.3) is 0 Å². The van der Waals surface area contributed by atoms with Crippen LogP contribution in [0.3, 0.4) is 0 Å². The summed E-state index contributed by atoms with van der Waals surface area (Å²) in [7, 11) is 0. The van der Waals surface area contributed by atoms with Gasteiger partial charge >= 0.3 is 11.9 Å². The van der Waals surface area contributed by atoms with Gasteiger partial charge in [0, 0.05) is 5.70 Å². The van der Waals surface area contributed by atoms with E-state index in [4.69, 9.17) is 23.2 Å². The van der Waals surface area contributed by atoms with Crippen molar-refractivity contribution in [1.29, 1.82) is 0 Å². The monoisotopic (exact) mass is 328 g/mol. The summed E-state index contributed by atoms with van der Waals surface area (Å²) in [6, 6.07) is 4.45. The van der Waals surface area contributed by atoms with Crippen molar-refractivity contribution < 1.29 is 19.8 Å². The minimum absolute atomic E-state index is 0.0965. The van der Waals surface area contributed by atoms with Gasteiger partial charge in [0.2, 0.25) is 0 Å². The number of aliphatic carboxylic acids is 2. The molecule has 2 rings (SSSR count). The predicted molar refractivity (Wildman–Crippen MR) is 77.7 cm³/mol. The van der Waals surface area contributed by atoms with E-state index in [2.05, 4.69) is 10.5 Å². The molecule has 6 nitrogen and oxygen atoms in total. The van der Waals surface area contributed by atoms with E-state index in [0.717, 1.165) is 0 Å². The third-order valence-electron chi connectivity index (χ3n) is 3.04. The molecule has 0 spiro atoms. The molecule has 110 valence electrons. The van der Waals surface area contributed by atoms with Gasteiger partial charge in [-0.25, -0.2) is 9.59 Å². The topological polar surface area (TPSA) is 99.0 Å². The molecule has 1 aliphatic rings. The van der Waals surface area contributed by atoms with Crippen LogP contribution in [0.4, 0.5) is 0 Å². The Morgan fingerprint density at radius 1 is 1.19 bits per heavy atom. The molecule has 8 heteroatoms. The van der Waals surface area contributed by atoms with Crippen LogP contribution in [0.15, 0.2) is 34.6 Å². The highest BCUT2D eigenvalue weighted by molar-refractivity contribution is 6.42. The second kappa shape index (κ2) is 5.75. The summed E-state index contributed by atoms with van der Waals surface area (Å²) in [6.45, 7) is 1.51. The highest BCUT2D eigenvalue weighted by Crippen LogP contribution is 2.34. The van der Waals surface area contributed by atoms with Crippen molar-refractivity contribution in [2.24, 2.45) is 5.10 Å². The highest BCUT2D eigenvalue weighted by Gasteiger charge is 2.36. The van der Waals surface area contributed by atoms with Crippen LogP contribution >= 0.6 is 23.2 Å². The van der Waals surface area contributed by atoms with E-state index in [0.29, 0.717) is 10.6 Å². The van der Waals surface area contributed by atoms with Crippen LogP contribution in [0.2, 0.25) is 10.0 Å². The maximum absolute atomic E-state index is 11.5. The van der Waals surface area contributed by atoms with E-state index >= 15 is 0 Å². The lowest BCUT2D eigenvalue weighted by atomic mass is 9.85. The van der Waals surface area contributed by atoms with E-state index in [1.165, 1.54) is 25.1 Å². The van der Waals surface area contributed by atoms with Gasteiger partial charge in [-0.05, 0) is 24.6 Å². The number of hydrogen-bond acceptors (Lipinski definition) is 4. The van der Waals surface area contributed by atoms with Crippen LogP contribution < -0.4 is 5.43 Å². The number of nitrogens with zero attached hydrogens (tertiary/aromatic N) is 1. The third-order valence-corrected chi connectivity index (χ3v) is 3.78. The largest absolute Gasteiger partial charge is 0.478 e. The number of nitrogens with one attached hydrogen (secondary N) is 1. The van der Waals surface area contributed by atoms with Crippen molar-refractivity contribution >= 4 is 40.9 Å². The fourth-order valence-corrected chi connectivity index (χ4v) is 2.40. The Hall–Kier alpha value is -2.05. The summed E-state index contributed by atoms with van der Waals surface area (Å²) in [4.78, 5) is 22.8. The van der Waals surface area contributed by atoms with Gasteiger partial charge in [-0.1, -0.05) is 29.3 Å². The van der Waals surface area contributed by atoms with Crippen LogP contribution in [0.1, 0.15) is 18.4 Å². The molecular formula is C13H10Cl2N2O4. The van der Waals surface area contributed by atoms with Crippen molar-refractivity contribution in [2.45, 2.75) is 12.8 Å². The maximum Gasteiger partial charge on any atom is 0.353 e. The smallest absolute Gasteiger partial charge is 0.353 e. The minimum Gasteiger partial charge on any atom is -0.478 e. The Bertz CT molecular complexity index is 697. The van der Waals surface area contributed by atoms with Gasteiger partial charge in [-0.2, -0.15) is 5.10 Å². The molecule has 0 saturated heterocycles. The second-order valence-corrected chi connectivity index (χ2v) is 5.18. The SMILES string of the molecule is CC1=C(C(=O)O)C(c2ccc(Cl)c(Cl)c2)C(C(=O)O)=NN1. The van der Waals surface area contributed by atoms with Crippen molar-refractivity contribution in [3.63, 3.8) is 0 Å². The van der Waals surface area contributed by atoms with Crippen LogP contribution in [-0.4, -0.2) is 27.9 Å². The van der Waals surface area contributed by atoms with Gasteiger partial charge in [0.1, 0.15) is 0 Å². The summed E-state index contributed by atoms with van der Waals surface area (Å²) >= 11 is 11.8. The Morgan fingerprint density at radius 2 is 1.86 bits per heavy atom. The number of carboxylic acids is 2. The zero-order valence-electron chi connectivity index (χ0n) is 10.7. The van der Waals surface area contributed by atoms with Crippen molar-refractivity contribution in [2.75, 3.05) is 0 Å². The normalized spacial score (nSPS) is 18.0. The zero-order chi connectivity index (χ0) is 15.7. The molecule has 1 unspecified atom stereocenters. The van der Waals surface area contributed by atoms with Crippen molar-refractivity contribution in [3.05, 3.63) is 45.1 Å². The van der Waals surface area contributed by atoms with Crippen molar-refractivity contribution in [3.8, 4) is 0 Å². The lowest BCUT2D eigenvalue weighted by molar-refractivity contribution is -0.132. The summed E-state index contributed by atoms with van der Waals surface area (Å²) in [6.07, 6.45) is 0. The lowest BCUT2D eigenvalue weighted by Crippen LogP contribution is -2.34. The first-order chi connectivity index (χ1) is 9.82. The molecule has 0 bridgehead atoms. The molecular weight excluding hydrogens is 319 g/mol. The molecule has 21 heavy (non-hydrogen) atoms. The molecule has 0 aromatic heterocycles. The maximum atomic E-state index is 11.5. The summed E-state index contributed by atoms with van der Waals surface area (Å²) in [5.41, 5.74) is 2.66. The molecule has 0 radical (unpaired) electrons. The van der Waals surface area contributed by atoms with Crippen molar-refractivity contribution in [1.82, 2.24) is 5.43 Å². The second-order valence-electron chi connectivity index (χ2n) is 4.36. The van der Waals surface area contributed by atoms with Gasteiger partial charge in [0.25, 0.3) is 0 Å². The van der Waals surface area contributed by atoms with Crippen LogP contribution in [0.5, 0.6) is 0 Å². The van der Waals surface area contributed by atoms with Gasteiger partial charge < -0.3 is 10.2 Å². The number of rotatable bonds is 3. The average molecular weight is 329 g/mol. The highest BCUT2D eigenvalue weighted by atomic mass is 35.5. The number of benzene rings is 1. The predicted octanol–water partition coefficient (Wildman–Crippen LogP) is 2.48. The summed E-state index contributed by atoms with van der Waals surface area (Å²) in [5, 5.41) is 22.8. The molecule has 0 saturated carbocycles. The number of allylic oxidation sites excluding steroid dienone is 1. The Labute approximate surface area is 129 Å². The number of halogens is 2. The minimum atomic E-state index is -1.31. The molecule has 3 N–H and O–H groups in total. The number of carbonyl (C=O) groups is 2. The van der Waals surface area contributed by atoms with Gasteiger partial charge in [-0.3, -0.25) is 5.43 Å². The number of hydrogen-bond donors (Lipinski definition) is 3. The van der Waals surface area contributed by atoms with E-state index < -0.39 is 17.9 Å². The van der Waals surface area contributed by atoms with Gasteiger partial charge in [-0.15, -0.1) is 0 Å². The quantitative estimate of drug-likeness (QED) is 0.791. The number of hydrazone groups is 1. The molecule has 1 aromatic carbocycles. The fraction of sp³-hybridized carbons (Fsp3) is 0.154. The first kappa shape index (κ1) is 15.3. The Balaban J connectivity index is 2.63. The van der Waals surface area contributed by atoms with E-state index in [1.807, 2.05) is 0 Å². The van der Waals surface area contributed by atoms with Crippen LogP contribution in [0, 0.1) is 0 Å². The van der Waals surface area contributed by atoms with Gasteiger partial charge in [0.15, 0.2) is 5.71 Å². The molecule has 1 atom stereocenters. The Morgan fingerprint density at radius 3 is 2.38 bits per heavy atom. The van der Waals surface area contributed by atoms with Crippen LogP contribution in [-0.2, 0) is 9.59 Å². The number of carboxylic acid groups (broad SMARTS) is 2. The summed E-state index contributed by atoms with van der Waals surface area (Å²) in [5.74, 6) is -3.58. The average Bonchev–Trinajstić information content (AvgIpc) is 2.40. The third kappa shape index (κ3) is 2.86. The first-order valence-corrected chi connectivity index (χ1v) is 6.54. The fourth-order valence-electron chi connectivity index (χ4n) is 2.09. The molecule has 1 aromatic rings. The first-order valence-electron chi connectivity index (χ1n) is 5.78. The van der Waals surface area contributed by atoms with E-state index in [-0.39, 0.29) is 22.0 Å². The molecule has 1 aliphatic heterocycles. The van der Waals surface area contributed by atoms with Gasteiger partial charge in [0.05, 0.1) is 21.5 Å². The molecule has 0 amide bonds. The standard InChI is InChI=1S/C13H10Cl2N2O4/c1-5-9(12(18)19)10(11(13(20)21)17-16-5)6-2-3-7(14)8(15)4-6/h2-4,10,16H,1H3,(H,18,19)(H,20,21). The summed E-state index contributed by atoms with van der Waals surface area (Å²) < 4.78 is 0. The molecule has 0 fully saturated rings. The lowest BCUT2D eigenvalue weighted by Gasteiger charge is -2.24. The molecule has 0 aliphatic carbocycles.